The van der Waals surface area contributed by atoms with Crippen LogP contribution < -0.4 is 5.73 Å². The summed E-state index contributed by atoms with van der Waals surface area (Å²) >= 11 is 0. The molecule has 5 heteroatoms. The molecule has 0 aliphatic heterocycles. The standard InChI is InChI=1S/C12H29NO3Si/c1-5-9-14-17(12(13)8-4,15-10-6-2)16-11-7-3/h12H,5-11,13H2,1-4H3. The molecule has 104 valence electrons. The lowest BCUT2D eigenvalue weighted by atomic mass is 10.5. The summed E-state index contributed by atoms with van der Waals surface area (Å²) in [4.78, 5) is 0. The van der Waals surface area contributed by atoms with Crippen molar-refractivity contribution in [2.75, 3.05) is 19.8 Å². The SMILES string of the molecule is CCCO[Si](OCCC)(OCCC)C(N)CC. The van der Waals surface area contributed by atoms with E-state index in [1.807, 2.05) is 6.92 Å². The molecule has 0 spiro atoms. The van der Waals surface area contributed by atoms with E-state index in [9.17, 15) is 0 Å². The fourth-order valence-corrected chi connectivity index (χ4v) is 4.29. The Morgan fingerprint density at radius 2 is 1.18 bits per heavy atom. The zero-order valence-corrected chi connectivity index (χ0v) is 12.8. The van der Waals surface area contributed by atoms with E-state index in [1.165, 1.54) is 0 Å². The molecule has 4 nitrogen and oxygen atoms in total. The van der Waals surface area contributed by atoms with Gasteiger partial charge in [-0.3, -0.25) is 0 Å². The minimum atomic E-state index is -2.68. The Morgan fingerprint density at radius 1 is 0.824 bits per heavy atom. The van der Waals surface area contributed by atoms with Crippen molar-refractivity contribution in [3.05, 3.63) is 0 Å². The van der Waals surface area contributed by atoms with E-state index in [1.54, 1.807) is 0 Å². The van der Waals surface area contributed by atoms with Crippen molar-refractivity contribution in [3.63, 3.8) is 0 Å². The smallest absolute Gasteiger partial charge is 0.373 e. The van der Waals surface area contributed by atoms with E-state index in [-0.39, 0.29) is 5.67 Å². The van der Waals surface area contributed by atoms with Crippen LogP contribution in [0.25, 0.3) is 0 Å². The molecule has 0 aromatic rings. The Labute approximate surface area is 107 Å². The third kappa shape index (κ3) is 5.97. The molecule has 0 saturated heterocycles. The second-order valence-corrected chi connectivity index (χ2v) is 6.98. The van der Waals surface area contributed by atoms with Crippen LogP contribution in [0.1, 0.15) is 53.4 Å². The van der Waals surface area contributed by atoms with Crippen molar-refractivity contribution in [2.45, 2.75) is 59.0 Å². The molecular formula is C12H29NO3Si. The summed E-state index contributed by atoms with van der Waals surface area (Å²) in [6.45, 7) is 10.3. The predicted octanol–water partition coefficient (Wildman–Crippen LogP) is 2.48. The topological polar surface area (TPSA) is 53.7 Å². The largest absolute Gasteiger partial charge is 0.518 e. The normalized spacial score (nSPS) is 13.9. The first-order chi connectivity index (χ1) is 8.16. The van der Waals surface area contributed by atoms with Gasteiger partial charge < -0.3 is 19.0 Å². The van der Waals surface area contributed by atoms with E-state index < -0.39 is 8.80 Å². The van der Waals surface area contributed by atoms with Gasteiger partial charge in [0.1, 0.15) is 0 Å². The van der Waals surface area contributed by atoms with Gasteiger partial charge >= 0.3 is 8.80 Å². The molecule has 0 amide bonds. The van der Waals surface area contributed by atoms with Crippen molar-refractivity contribution in [2.24, 2.45) is 5.73 Å². The summed E-state index contributed by atoms with van der Waals surface area (Å²) in [6.07, 6.45) is 3.69. The molecule has 2 N–H and O–H groups in total. The highest BCUT2D eigenvalue weighted by atomic mass is 28.4. The second-order valence-electron chi connectivity index (χ2n) is 4.16. The molecule has 0 aromatic heterocycles. The summed E-state index contributed by atoms with van der Waals surface area (Å²) in [5, 5.41) is 0. The molecule has 0 aliphatic rings. The molecule has 0 saturated carbocycles. The van der Waals surface area contributed by atoms with Crippen molar-refractivity contribution < 1.29 is 13.3 Å². The van der Waals surface area contributed by atoms with E-state index in [0.29, 0.717) is 19.8 Å². The van der Waals surface area contributed by atoms with Crippen LogP contribution in [0.4, 0.5) is 0 Å². The number of hydrogen-bond donors (Lipinski definition) is 1. The monoisotopic (exact) mass is 263 g/mol. The predicted molar refractivity (Wildman–Crippen MR) is 72.7 cm³/mol. The lowest BCUT2D eigenvalue weighted by molar-refractivity contribution is 0.0502. The van der Waals surface area contributed by atoms with E-state index in [0.717, 1.165) is 25.7 Å². The van der Waals surface area contributed by atoms with Crippen molar-refractivity contribution >= 4 is 8.80 Å². The Morgan fingerprint density at radius 3 is 1.41 bits per heavy atom. The minimum absolute atomic E-state index is 0.118. The van der Waals surface area contributed by atoms with Gasteiger partial charge in [0.25, 0.3) is 0 Å². The molecule has 1 unspecified atom stereocenters. The van der Waals surface area contributed by atoms with Gasteiger partial charge in [-0.25, -0.2) is 0 Å². The molecule has 0 heterocycles. The fraction of sp³-hybridized carbons (Fsp3) is 1.00. The highest BCUT2D eigenvalue weighted by Crippen LogP contribution is 2.17. The van der Waals surface area contributed by atoms with E-state index in [4.69, 9.17) is 19.0 Å². The van der Waals surface area contributed by atoms with Gasteiger partial charge in [0.05, 0.1) is 5.67 Å². The maximum Gasteiger partial charge on any atom is 0.518 e. The summed E-state index contributed by atoms with van der Waals surface area (Å²) in [6, 6.07) is 0. The van der Waals surface area contributed by atoms with Crippen LogP contribution in [0, 0.1) is 0 Å². The number of rotatable bonds is 11. The lowest BCUT2D eigenvalue weighted by Crippen LogP contribution is -2.60. The Bertz CT molecular complexity index is 159. The van der Waals surface area contributed by atoms with Crippen LogP contribution in [0.3, 0.4) is 0 Å². The third-order valence-corrected chi connectivity index (χ3v) is 5.55. The second kappa shape index (κ2) is 10.0. The zero-order chi connectivity index (χ0) is 13.1. The van der Waals surface area contributed by atoms with Gasteiger partial charge in [0.15, 0.2) is 0 Å². The quantitative estimate of drug-likeness (QED) is 0.582. The Kier molecular flexibility index (Phi) is 10.1. The molecule has 0 fully saturated rings. The van der Waals surface area contributed by atoms with Crippen molar-refractivity contribution in [3.8, 4) is 0 Å². The van der Waals surface area contributed by atoms with Gasteiger partial charge in [-0.15, -0.1) is 0 Å². The molecule has 17 heavy (non-hydrogen) atoms. The average molecular weight is 263 g/mol. The Balaban J connectivity index is 4.63. The maximum absolute atomic E-state index is 6.16. The first-order valence-electron chi connectivity index (χ1n) is 6.84. The highest BCUT2D eigenvalue weighted by Gasteiger charge is 2.47. The highest BCUT2D eigenvalue weighted by molar-refractivity contribution is 6.62. The van der Waals surface area contributed by atoms with Crippen LogP contribution >= 0.6 is 0 Å². The minimum Gasteiger partial charge on any atom is -0.373 e. The van der Waals surface area contributed by atoms with Gasteiger partial charge in [0.2, 0.25) is 0 Å². The van der Waals surface area contributed by atoms with Gasteiger partial charge in [-0.2, -0.15) is 0 Å². The molecule has 0 aliphatic carbocycles. The maximum atomic E-state index is 6.16. The van der Waals surface area contributed by atoms with Gasteiger partial charge in [-0.05, 0) is 25.7 Å². The summed E-state index contributed by atoms with van der Waals surface area (Å²) < 4.78 is 17.7. The average Bonchev–Trinajstić information content (AvgIpc) is 2.37. The first kappa shape index (κ1) is 17.1. The third-order valence-electron chi connectivity index (χ3n) is 2.42. The van der Waals surface area contributed by atoms with Crippen LogP contribution in [0.2, 0.25) is 0 Å². The molecule has 0 aromatic carbocycles. The van der Waals surface area contributed by atoms with Crippen LogP contribution in [-0.4, -0.2) is 34.3 Å². The fourth-order valence-electron chi connectivity index (χ4n) is 1.43. The lowest BCUT2D eigenvalue weighted by Gasteiger charge is -2.33. The zero-order valence-electron chi connectivity index (χ0n) is 11.8. The Hall–Kier alpha value is 0.0569. The summed E-state index contributed by atoms with van der Waals surface area (Å²) in [5.74, 6) is 0. The first-order valence-corrected chi connectivity index (χ1v) is 8.64. The van der Waals surface area contributed by atoms with E-state index >= 15 is 0 Å². The van der Waals surface area contributed by atoms with Crippen molar-refractivity contribution in [1.29, 1.82) is 0 Å². The number of hydrogen-bond acceptors (Lipinski definition) is 4. The summed E-state index contributed by atoms with van der Waals surface area (Å²) in [5.41, 5.74) is 6.04. The van der Waals surface area contributed by atoms with Crippen LogP contribution in [-0.2, 0) is 13.3 Å². The van der Waals surface area contributed by atoms with Crippen LogP contribution in [0.5, 0.6) is 0 Å². The molecular weight excluding hydrogens is 234 g/mol. The number of nitrogens with two attached hydrogens (primary N) is 1. The molecule has 0 bridgehead atoms. The van der Waals surface area contributed by atoms with Gasteiger partial charge in [0, 0.05) is 19.8 Å². The van der Waals surface area contributed by atoms with Crippen molar-refractivity contribution in [1.82, 2.24) is 0 Å². The summed E-state index contributed by atoms with van der Waals surface area (Å²) in [7, 11) is -2.68. The van der Waals surface area contributed by atoms with Gasteiger partial charge in [-0.1, -0.05) is 27.7 Å². The van der Waals surface area contributed by atoms with Crippen LogP contribution in [0.15, 0.2) is 0 Å². The van der Waals surface area contributed by atoms with E-state index in [2.05, 4.69) is 20.8 Å². The molecule has 0 rings (SSSR count). The molecule has 1 atom stereocenters. The molecule has 0 radical (unpaired) electrons.